The van der Waals surface area contributed by atoms with E-state index in [0.717, 1.165) is 33.0 Å². The molecule has 0 unspecified atom stereocenters. The van der Waals surface area contributed by atoms with Crippen LogP contribution in [0.5, 0.6) is 23.0 Å². The predicted molar refractivity (Wildman–Crippen MR) is 198 cm³/mol. The molecule has 0 fully saturated rings. The number of hydrogen-bond donors (Lipinski definition) is 1. The number of phenolic OH excluding ortho intramolecular Hbond substituents is 1. The fraction of sp³-hybridized carbons (Fsp3) is 0.351. The predicted octanol–water partition coefficient (Wildman–Crippen LogP) is 5.77. The zero-order chi connectivity index (χ0) is 34.3. The van der Waals surface area contributed by atoms with Gasteiger partial charge in [-0.05, 0) is 56.8 Å². The summed E-state index contributed by atoms with van der Waals surface area (Å²) < 4.78 is 27.2. The number of benzene rings is 4. The topological polar surface area (TPSA) is 84.8 Å². The van der Waals surface area contributed by atoms with E-state index in [1.807, 2.05) is 91.9 Å². The van der Waals surface area contributed by atoms with Crippen molar-refractivity contribution >= 4 is 31.8 Å². The molecule has 0 bridgehead atoms. The summed E-state index contributed by atoms with van der Waals surface area (Å²) in [6.07, 6.45) is 0. The van der Waals surface area contributed by atoms with Crippen molar-refractivity contribution in [2.24, 2.45) is 0 Å². The van der Waals surface area contributed by atoms with Crippen molar-refractivity contribution in [1.82, 2.24) is 0 Å². The van der Waals surface area contributed by atoms with E-state index < -0.39 is 7.92 Å². The maximum absolute atomic E-state index is 11.4. The summed E-state index contributed by atoms with van der Waals surface area (Å²) in [7, 11) is 3.27. The van der Waals surface area contributed by atoms with Gasteiger partial charge >= 0.3 is 0 Å². The number of hydrogen-bond acceptors (Lipinski definition) is 8. The van der Waals surface area contributed by atoms with Crippen LogP contribution >= 0.6 is 15.8 Å². The molecule has 1 N–H and O–H groups in total. The summed E-state index contributed by atoms with van der Waals surface area (Å²) in [5.74, 6) is 1.74. The van der Waals surface area contributed by atoms with E-state index in [0.29, 0.717) is 33.0 Å². The summed E-state index contributed by atoms with van der Waals surface area (Å²) >= 11 is 0. The summed E-state index contributed by atoms with van der Waals surface area (Å²) in [5, 5.41) is 14.1. The minimum Gasteiger partial charge on any atom is -0.501 e. The molecule has 0 spiro atoms. The van der Waals surface area contributed by atoms with Gasteiger partial charge in [0, 0.05) is 43.6 Å². The first-order valence-electron chi connectivity index (χ1n) is 15.4. The van der Waals surface area contributed by atoms with Gasteiger partial charge in [-0.25, -0.2) is 0 Å². The SMILES string of the molecule is COCCOCCOCCOOc1cc(C)cc([PH+](c2ccccc2OC)c2ccccc2OC)c1O.C[PH+](C)C.[Ni].[c-]1ccccc1. The van der Waals surface area contributed by atoms with E-state index in [1.165, 1.54) is 0 Å². The Morgan fingerprint density at radius 2 is 1.12 bits per heavy atom. The van der Waals surface area contributed by atoms with Gasteiger partial charge in [-0.1, -0.05) is 24.3 Å². The Balaban J connectivity index is 0.000000902. The number of methoxy groups -OCH3 is 3. The third kappa shape index (κ3) is 16.1. The van der Waals surface area contributed by atoms with E-state index in [-0.39, 0.29) is 42.5 Å². The number of para-hydroxylation sites is 2. The first kappa shape index (κ1) is 43.3. The van der Waals surface area contributed by atoms with Gasteiger partial charge in [-0.3, -0.25) is 0 Å². The molecule has 0 aliphatic heterocycles. The quantitative estimate of drug-likeness (QED) is 0.0387. The molecule has 48 heavy (non-hydrogen) atoms. The maximum atomic E-state index is 11.4. The van der Waals surface area contributed by atoms with E-state index in [2.05, 4.69) is 26.1 Å². The molecular weight excluding hydrogens is 693 g/mol. The molecule has 4 rings (SSSR count). The Hall–Kier alpha value is -2.73. The van der Waals surface area contributed by atoms with E-state index in [9.17, 15) is 5.11 Å². The van der Waals surface area contributed by atoms with E-state index >= 15 is 0 Å². The summed E-state index contributed by atoms with van der Waals surface area (Å²) in [5.41, 5.74) is 0.920. The Morgan fingerprint density at radius 1 is 0.625 bits per heavy atom. The Labute approximate surface area is 299 Å². The van der Waals surface area contributed by atoms with E-state index in [4.69, 9.17) is 33.5 Å². The van der Waals surface area contributed by atoms with Crippen molar-refractivity contribution in [3.63, 3.8) is 0 Å². The average molecular weight is 744 g/mol. The van der Waals surface area contributed by atoms with Crippen LogP contribution in [-0.2, 0) is 35.6 Å². The molecule has 0 radical (unpaired) electrons. The Kier molecular flexibility index (Phi) is 23.6. The van der Waals surface area contributed by atoms with Gasteiger partial charge in [0.25, 0.3) is 0 Å². The third-order valence-electron chi connectivity index (χ3n) is 6.11. The number of aromatic hydroxyl groups is 1. The molecule has 0 saturated carbocycles. The third-order valence-corrected chi connectivity index (χ3v) is 8.94. The van der Waals surface area contributed by atoms with Gasteiger partial charge in [0.05, 0.1) is 47.3 Å². The average Bonchev–Trinajstić information content (AvgIpc) is 3.08. The standard InChI is InChI=1S/C28H35O8P.C6H5.C3H9P.Ni/c1-21-19-24(36-35-18-17-34-16-15-33-14-13-30-2)28(29)27(20-21)37(25-11-7-5-9-22(25)31-3)26-12-8-6-10-23(26)32-4;1-2-4-6-5-3-1;1-4(2)3;/h5-12,19-20,29H,13-18H2,1-4H3;1-5H;1-3H3;/q;-1;;/p+2. The molecule has 266 valence electrons. The van der Waals surface area contributed by atoms with Crippen LogP contribution in [0.15, 0.2) is 91.0 Å². The number of ether oxygens (including phenoxy) is 5. The van der Waals surface area contributed by atoms with Crippen LogP contribution in [0.2, 0.25) is 0 Å². The molecule has 0 aliphatic carbocycles. The Bertz CT molecular complexity index is 1320. The second-order valence-corrected chi connectivity index (χ2v) is 16.0. The first-order chi connectivity index (χ1) is 22.8. The van der Waals surface area contributed by atoms with Gasteiger partial charge in [-0.2, -0.15) is 41.3 Å². The van der Waals surface area contributed by atoms with Crippen molar-refractivity contribution in [3.05, 3.63) is 103 Å². The van der Waals surface area contributed by atoms with Crippen molar-refractivity contribution in [1.29, 1.82) is 0 Å². The van der Waals surface area contributed by atoms with Crippen molar-refractivity contribution in [2.75, 3.05) is 81.0 Å². The fourth-order valence-electron chi connectivity index (χ4n) is 4.14. The van der Waals surface area contributed by atoms with Crippen LogP contribution in [0, 0.1) is 13.0 Å². The Morgan fingerprint density at radius 3 is 1.58 bits per heavy atom. The first-order valence-corrected chi connectivity index (χ1v) is 19.9. The molecular formula is C37H51NiO8P2+. The number of phenols is 1. The second kappa shape index (κ2) is 26.2. The summed E-state index contributed by atoms with van der Waals surface area (Å²) in [4.78, 5) is 10.9. The van der Waals surface area contributed by atoms with Crippen LogP contribution in [-0.4, -0.2) is 86.1 Å². The molecule has 8 nitrogen and oxygen atoms in total. The molecule has 0 heterocycles. The maximum Gasteiger partial charge on any atom is 0.211 e. The second-order valence-electron chi connectivity index (χ2n) is 10.6. The normalized spacial score (nSPS) is 10.3. The minimum absolute atomic E-state index is 0. The molecule has 0 aromatic heterocycles. The molecule has 4 aromatic carbocycles. The molecule has 0 saturated heterocycles. The molecule has 11 heteroatoms. The van der Waals surface area contributed by atoms with Crippen molar-refractivity contribution in [2.45, 2.75) is 6.92 Å². The fourth-order valence-corrected chi connectivity index (χ4v) is 7.13. The smallest absolute Gasteiger partial charge is 0.211 e. The van der Waals surface area contributed by atoms with Crippen LogP contribution in [0.25, 0.3) is 0 Å². The van der Waals surface area contributed by atoms with Crippen molar-refractivity contribution < 1.29 is 55.1 Å². The van der Waals surface area contributed by atoms with Crippen LogP contribution < -0.4 is 30.3 Å². The molecule has 0 amide bonds. The number of aryl methyl sites for hydroxylation is 1. The van der Waals surface area contributed by atoms with Crippen molar-refractivity contribution in [3.8, 4) is 23.0 Å². The van der Waals surface area contributed by atoms with Gasteiger partial charge in [0.1, 0.15) is 30.4 Å². The van der Waals surface area contributed by atoms with Gasteiger partial charge in [-0.15, -0.1) is 0 Å². The van der Waals surface area contributed by atoms with Gasteiger partial charge in [0.15, 0.2) is 11.5 Å². The molecule has 0 atom stereocenters. The minimum atomic E-state index is -1.77. The van der Waals surface area contributed by atoms with Crippen LogP contribution in [0.4, 0.5) is 0 Å². The summed E-state index contributed by atoms with van der Waals surface area (Å²) in [6.45, 7) is 11.3. The van der Waals surface area contributed by atoms with E-state index in [1.54, 1.807) is 27.4 Å². The zero-order valence-corrected chi connectivity index (χ0v) is 32.0. The monoisotopic (exact) mass is 743 g/mol. The molecule has 4 aromatic rings. The molecule has 0 aliphatic rings. The van der Waals surface area contributed by atoms with Gasteiger partial charge < -0.3 is 33.7 Å². The van der Waals surface area contributed by atoms with Crippen LogP contribution in [0.1, 0.15) is 5.56 Å². The van der Waals surface area contributed by atoms with Gasteiger partial charge in [0.2, 0.25) is 11.5 Å². The zero-order valence-electron chi connectivity index (χ0n) is 29.0. The summed E-state index contributed by atoms with van der Waals surface area (Å²) in [6, 6.07) is 31.9. The number of rotatable bonds is 16. The largest absolute Gasteiger partial charge is 0.501 e. The van der Waals surface area contributed by atoms with Crippen LogP contribution in [0.3, 0.4) is 0 Å².